The maximum atomic E-state index is 12.9. The fraction of sp³-hybridized carbons (Fsp3) is 0.316. The van der Waals surface area contributed by atoms with Gasteiger partial charge in [-0.2, -0.15) is 0 Å². The molecular formula is C19H21FN2O. The van der Waals surface area contributed by atoms with E-state index < -0.39 is 0 Å². The van der Waals surface area contributed by atoms with Crippen molar-refractivity contribution in [2.45, 2.75) is 19.3 Å². The van der Waals surface area contributed by atoms with Crippen molar-refractivity contribution in [3.05, 3.63) is 65.5 Å². The number of nitrogen functional groups attached to an aromatic ring is 1. The zero-order chi connectivity index (χ0) is 16.2. The molecule has 0 radical (unpaired) electrons. The summed E-state index contributed by atoms with van der Waals surface area (Å²) in [4.78, 5) is 14.3. The molecule has 120 valence electrons. The quantitative estimate of drug-likeness (QED) is 0.882. The van der Waals surface area contributed by atoms with Crippen LogP contribution in [0.4, 0.5) is 10.1 Å². The van der Waals surface area contributed by atoms with E-state index in [2.05, 4.69) is 0 Å². The Kier molecular flexibility index (Phi) is 4.60. The van der Waals surface area contributed by atoms with Crippen LogP contribution in [0.3, 0.4) is 0 Å². The smallest absolute Gasteiger partial charge is 0.226 e. The third-order valence-corrected chi connectivity index (χ3v) is 4.41. The summed E-state index contributed by atoms with van der Waals surface area (Å²) in [6.07, 6.45) is 2.32. The van der Waals surface area contributed by atoms with Crippen LogP contribution in [0.2, 0.25) is 0 Å². The summed E-state index contributed by atoms with van der Waals surface area (Å²) in [6, 6.07) is 14.1. The second-order valence-electron chi connectivity index (χ2n) is 6.24. The van der Waals surface area contributed by atoms with E-state index in [-0.39, 0.29) is 11.7 Å². The number of rotatable bonds is 4. The maximum Gasteiger partial charge on any atom is 0.226 e. The second-order valence-corrected chi connectivity index (χ2v) is 6.24. The van der Waals surface area contributed by atoms with Crippen LogP contribution >= 0.6 is 0 Å². The number of likely N-dealkylation sites (tertiary alicyclic amines) is 1. The number of halogens is 1. The number of amides is 1. The SMILES string of the molecule is Nc1ccc(CC(=O)N2CCC(Cc3ccc(F)cc3)C2)cc1. The number of carbonyl (C=O) groups is 1. The van der Waals surface area contributed by atoms with Crippen LogP contribution in [0.5, 0.6) is 0 Å². The lowest BCUT2D eigenvalue weighted by Gasteiger charge is -2.17. The molecule has 1 heterocycles. The van der Waals surface area contributed by atoms with Gasteiger partial charge < -0.3 is 10.6 Å². The van der Waals surface area contributed by atoms with E-state index in [4.69, 9.17) is 5.73 Å². The Bertz CT molecular complexity index is 667. The highest BCUT2D eigenvalue weighted by Crippen LogP contribution is 2.22. The minimum Gasteiger partial charge on any atom is -0.399 e. The van der Waals surface area contributed by atoms with Crippen molar-refractivity contribution in [2.75, 3.05) is 18.8 Å². The molecule has 0 bridgehead atoms. The van der Waals surface area contributed by atoms with E-state index in [9.17, 15) is 9.18 Å². The van der Waals surface area contributed by atoms with E-state index in [1.54, 1.807) is 0 Å². The van der Waals surface area contributed by atoms with Gasteiger partial charge in [0, 0.05) is 18.8 Å². The topological polar surface area (TPSA) is 46.3 Å². The predicted molar refractivity (Wildman–Crippen MR) is 89.3 cm³/mol. The summed E-state index contributed by atoms with van der Waals surface area (Å²) in [5, 5.41) is 0. The van der Waals surface area contributed by atoms with Gasteiger partial charge in [-0.25, -0.2) is 4.39 Å². The highest BCUT2D eigenvalue weighted by molar-refractivity contribution is 5.79. The first-order valence-corrected chi connectivity index (χ1v) is 7.97. The average Bonchev–Trinajstić information content (AvgIpc) is 3.00. The number of benzene rings is 2. The lowest BCUT2D eigenvalue weighted by atomic mass is 9.99. The zero-order valence-electron chi connectivity index (χ0n) is 13.0. The minimum absolute atomic E-state index is 0.163. The van der Waals surface area contributed by atoms with Crippen LogP contribution in [0, 0.1) is 11.7 Å². The largest absolute Gasteiger partial charge is 0.399 e. The fourth-order valence-electron chi connectivity index (χ4n) is 3.10. The van der Waals surface area contributed by atoms with Crippen LogP contribution in [-0.4, -0.2) is 23.9 Å². The minimum atomic E-state index is -0.208. The molecule has 0 aromatic heterocycles. The van der Waals surface area contributed by atoms with Crippen LogP contribution in [-0.2, 0) is 17.6 Å². The van der Waals surface area contributed by atoms with Crippen LogP contribution in [0.25, 0.3) is 0 Å². The van der Waals surface area contributed by atoms with Crippen LogP contribution in [0.1, 0.15) is 17.5 Å². The lowest BCUT2D eigenvalue weighted by Crippen LogP contribution is -2.30. The molecule has 3 nitrogen and oxygen atoms in total. The van der Waals surface area contributed by atoms with Gasteiger partial charge in [0.1, 0.15) is 5.82 Å². The maximum absolute atomic E-state index is 12.9. The normalized spacial score (nSPS) is 17.4. The van der Waals surface area contributed by atoms with Crippen molar-refractivity contribution in [2.24, 2.45) is 5.92 Å². The first-order valence-electron chi connectivity index (χ1n) is 7.97. The fourth-order valence-corrected chi connectivity index (χ4v) is 3.10. The van der Waals surface area contributed by atoms with Gasteiger partial charge in [-0.15, -0.1) is 0 Å². The van der Waals surface area contributed by atoms with Gasteiger partial charge in [-0.3, -0.25) is 4.79 Å². The zero-order valence-corrected chi connectivity index (χ0v) is 13.0. The van der Waals surface area contributed by atoms with E-state index in [1.807, 2.05) is 41.3 Å². The summed E-state index contributed by atoms with van der Waals surface area (Å²) in [5.74, 6) is 0.410. The summed E-state index contributed by atoms with van der Waals surface area (Å²) in [5.41, 5.74) is 8.49. The van der Waals surface area contributed by atoms with Gasteiger partial charge in [0.2, 0.25) is 5.91 Å². The van der Waals surface area contributed by atoms with E-state index in [1.165, 1.54) is 12.1 Å². The molecule has 1 unspecified atom stereocenters. The van der Waals surface area contributed by atoms with Crippen molar-refractivity contribution < 1.29 is 9.18 Å². The first-order chi connectivity index (χ1) is 11.1. The van der Waals surface area contributed by atoms with E-state index in [0.717, 1.165) is 37.1 Å². The molecule has 1 amide bonds. The van der Waals surface area contributed by atoms with Crippen molar-refractivity contribution in [1.82, 2.24) is 4.90 Å². The molecule has 0 aliphatic carbocycles. The molecule has 2 aromatic carbocycles. The Morgan fingerprint density at radius 3 is 2.43 bits per heavy atom. The number of carbonyl (C=O) groups excluding carboxylic acids is 1. The number of hydrogen-bond donors (Lipinski definition) is 1. The number of anilines is 1. The predicted octanol–water partition coefficient (Wildman–Crippen LogP) is 3.04. The van der Waals surface area contributed by atoms with Crippen molar-refractivity contribution in [3.8, 4) is 0 Å². The molecule has 1 saturated heterocycles. The highest BCUT2D eigenvalue weighted by Gasteiger charge is 2.26. The average molecular weight is 312 g/mol. The Balaban J connectivity index is 1.53. The standard InChI is InChI=1S/C19H21FN2O/c20-17-5-1-14(2-6-17)11-16-9-10-22(13-16)19(23)12-15-3-7-18(21)8-4-15/h1-8,16H,9-13,21H2. The van der Waals surface area contributed by atoms with E-state index >= 15 is 0 Å². The second kappa shape index (κ2) is 6.82. The lowest BCUT2D eigenvalue weighted by molar-refractivity contribution is -0.129. The molecule has 1 fully saturated rings. The van der Waals surface area contributed by atoms with Gasteiger partial charge in [0.05, 0.1) is 6.42 Å². The van der Waals surface area contributed by atoms with Crippen LogP contribution in [0.15, 0.2) is 48.5 Å². The number of nitrogens with zero attached hydrogens (tertiary/aromatic N) is 1. The van der Waals surface area contributed by atoms with Gasteiger partial charge in [0.15, 0.2) is 0 Å². The van der Waals surface area contributed by atoms with Gasteiger partial charge in [-0.05, 0) is 54.2 Å². The molecule has 1 aliphatic rings. The molecule has 1 aliphatic heterocycles. The van der Waals surface area contributed by atoms with Crippen molar-refractivity contribution >= 4 is 11.6 Å². The first kappa shape index (κ1) is 15.5. The van der Waals surface area contributed by atoms with E-state index in [0.29, 0.717) is 18.0 Å². The summed E-state index contributed by atoms with van der Waals surface area (Å²) < 4.78 is 12.9. The Morgan fingerprint density at radius 2 is 1.74 bits per heavy atom. The van der Waals surface area contributed by atoms with Gasteiger partial charge in [0.25, 0.3) is 0 Å². The van der Waals surface area contributed by atoms with Gasteiger partial charge >= 0.3 is 0 Å². The van der Waals surface area contributed by atoms with Crippen molar-refractivity contribution in [1.29, 1.82) is 0 Å². The summed E-state index contributed by atoms with van der Waals surface area (Å²) in [7, 11) is 0. The molecule has 2 aromatic rings. The summed E-state index contributed by atoms with van der Waals surface area (Å²) >= 11 is 0. The Labute approximate surface area is 135 Å². The Morgan fingerprint density at radius 1 is 1.09 bits per heavy atom. The number of nitrogens with two attached hydrogens (primary N) is 1. The molecule has 1 atom stereocenters. The molecule has 23 heavy (non-hydrogen) atoms. The van der Waals surface area contributed by atoms with Crippen LogP contribution < -0.4 is 5.73 Å². The van der Waals surface area contributed by atoms with Gasteiger partial charge in [-0.1, -0.05) is 24.3 Å². The monoisotopic (exact) mass is 312 g/mol. The third kappa shape index (κ3) is 4.09. The number of hydrogen-bond acceptors (Lipinski definition) is 2. The molecule has 3 rings (SSSR count). The van der Waals surface area contributed by atoms with Crippen molar-refractivity contribution in [3.63, 3.8) is 0 Å². The third-order valence-electron chi connectivity index (χ3n) is 4.41. The molecule has 2 N–H and O–H groups in total. The summed E-state index contributed by atoms with van der Waals surface area (Å²) in [6.45, 7) is 1.59. The highest BCUT2D eigenvalue weighted by atomic mass is 19.1. The molecule has 4 heteroatoms. The Hall–Kier alpha value is -2.36. The molecular weight excluding hydrogens is 291 g/mol. The molecule has 0 saturated carbocycles. The molecule has 0 spiro atoms.